The minimum absolute atomic E-state index is 0.306. The van der Waals surface area contributed by atoms with Gasteiger partial charge < -0.3 is 5.11 Å². The molecule has 0 aliphatic heterocycles. The predicted molar refractivity (Wildman–Crippen MR) is 96.4 cm³/mol. The maximum atomic E-state index is 12.4. The highest BCUT2D eigenvalue weighted by atomic mass is 16.4. The van der Waals surface area contributed by atoms with Crippen LogP contribution in [0.25, 0.3) is 0 Å². The fraction of sp³-hybridized carbons (Fsp3) is 0.150. The van der Waals surface area contributed by atoms with Crippen molar-refractivity contribution in [1.29, 1.82) is 0 Å². The van der Waals surface area contributed by atoms with Gasteiger partial charge in [-0.1, -0.05) is 36.4 Å². The third-order valence-electron chi connectivity index (χ3n) is 3.98. The third-order valence-corrected chi connectivity index (χ3v) is 3.98. The van der Waals surface area contributed by atoms with Gasteiger partial charge in [-0.3, -0.25) is 9.59 Å². The van der Waals surface area contributed by atoms with Gasteiger partial charge in [-0.05, 0) is 35.2 Å². The summed E-state index contributed by atoms with van der Waals surface area (Å²) in [5.74, 6) is -3.25. The molecule has 1 N–H and O–H groups in total. The Morgan fingerprint density at radius 2 is 1.56 bits per heavy atom. The fourth-order valence-corrected chi connectivity index (χ4v) is 2.76. The van der Waals surface area contributed by atoms with E-state index in [2.05, 4.69) is 10.2 Å². The van der Waals surface area contributed by atoms with Crippen molar-refractivity contribution in [2.45, 2.75) is 19.4 Å². The molecule has 0 atom stereocenters. The molecule has 27 heavy (non-hydrogen) atoms. The number of aliphatic carboxylic acids is 1. The van der Waals surface area contributed by atoms with Gasteiger partial charge in [0.15, 0.2) is 5.78 Å². The smallest absolute Gasteiger partial charge is 0.372 e. The van der Waals surface area contributed by atoms with Crippen LogP contribution < -0.4 is 0 Å². The van der Waals surface area contributed by atoms with Crippen molar-refractivity contribution in [1.82, 2.24) is 15.0 Å². The summed E-state index contributed by atoms with van der Waals surface area (Å²) < 4.78 is 0. The average Bonchev–Trinajstić information content (AvgIpc) is 3.15. The van der Waals surface area contributed by atoms with E-state index in [1.165, 1.54) is 4.80 Å². The molecule has 0 fully saturated rings. The number of ketones is 2. The summed E-state index contributed by atoms with van der Waals surface area (Å²) in [5, 5.41) is 16.9. The summed E-state index contributed by atoms with van der Waals surface area (Å²) in [4.78, 5) is 36.0. The SMILES string of the molecule is O=C(O)C(=O)CC(=O)c1cc(Cc2ccccc2)cc(Cn2nccn2)c1. The molecular weight excluding hydrogens is 346 g/mol. The van der Waals surface area contributed by atoms with E-state index in [0.717, 1.165) is 16.7 Å². The summed E-state index contributed by atoms with van der Waals surface area (Å²) >= 11 is 0. The Morgan fingerprint density at radius 1 is 0.889 bits per heavy atom. The van der Waals surface area contributed by atoms with Crippen molar-refractivity contribution in [2.24, 2.45) is 0 Å². The summed E-state index contributed by atoms with van der Waals surface area (Å²) in [5.41, 5.74) is 3.06. The van der Waals surface area contributed by atoms with Crippen LogP contribution in [-0.4, -0.2) is 37.6 Å². The van der Waals surface area contributed by atoms with Crippen molar-refractivity contribution in [2.75, 3.05) is 0 Å². The molecule has 0 spiro atoms. The third kappa shape index (κ3) is 4.94. The topological polar surface area (TPSA) is 102 Å². The number of aromatic nitrogens is 3. The summed E-state index contributed by atoms with van der Waals surface area (Å²) in [6, 6.07) is 15.1. The first-order chi connectivity index (χ1) is 13.0. The number of carboxylic acids is 1. The Bertz CT molecular complexity index is 966. The Balaban J connectivity index is 1.90. The van der Waals surface area contributed by atoms with Crippen molar-refractivity contribution < 1.29 is 19.5 Å². The number of carbonyl (C=O) groups excluding carboxylic acids is 2. The molecule has 1 heterocycles. The molecular formula is C20H17N3O4. The molecule has 7 heteroatoms. The van der Waals surface area contributed by atoms with Gasteiger partial charge in [-0.2, -0.15) is 15.0 Å². The number of hydrogen-bond donors (Lipinski definition) is 1. The normalized spacial score (nSPS) is 10.5. The first kappa shape index (κ1) is 18.2. The Kier molecular flexibility index (Phi) is 5.51. The van der Waals surface area contributed by atoms with E-state index in [0.29, 0.717) is 18.5 Å². The lowest BCUT2D eigenvalue weighted by Gasteiger charge is -2.09. The maximum absolute atomic E-state index is 12.4. The number of rotatable bonds is 8. The molecule has 0 unspecified atom stereocenters. The van der Waals surface area contributed by atoms with Gasteiger partial charge in [0.05, 0.1) is 25.4 Å². The molecule has 0 amide bonds. The zero-order valence-corrected chi connectivity index (χ0v) is 14.4. The van der Waals surface area contributed by atoms with Gasteiger partial charge >= 0.3 is 5.97 Å². The van der Waals surface area contributed by atoms with Crippen LogP contribution in [0.3, 0.4) is 0 Å². The highest BCUT2D eigenvalue weighted by Gasteiger charge is 2.19. The number of benzene rings is 2. The Hall–Kier alpha value is -3.61. The highest BCUT2D eigenvalue weighted by molar-refractivity contribution is 6.37. The molecule has 1 aromatic heterocycles. The minimum atomic E-state index is -1.61. The lowest BCUT2D eigenvalue weighted by molar-refractivity contribution is -0.148. The predicted octanol–water partition coefficient (Wildman–Crippen LogP) is 2.14. The van der Waals surface area contributed by atoms with Crippen LogP contribution in [0.4, 0.5) is 0 Å². The van der Waals surface area contributed by atoms with E-state index in [1.54, 1.807) is 24.5 Å². The Morgan fingerprint density at radius 3 is 2.22 bits per heavy atom. The van der Waals surface area contributed by atoms with Crippen LogP contribution in [0.1, 0.15) is 33.5 Å². The van der Waals surface area contributed by atoms with E-state index in [4.69, 9.17) is 5.11 Å². The van der Waals surface area contributed by atoms with Gasteiger partial charge in [0, 0.05) is 5.56 Å². The zero-order valence-electron chi connectivity index (χ0n) is 14.4. The lowest BCUT2D eigenvalue weighted by Crippen LogP contribution is -2.17. The van der Waals surface area contributed by atoms with Gasteiger partial charge in [0.2, 0.25) is 5.78 Å². The molecule has 3 aromatic rings. The fourth-order valence-electron chi connectivity index (χ4n) is 2.76. The van der Waals surface area contributed by atoms with E-state index in [-0.39, 0.29) is 0 Å². The van der Waals surface area contributed by atoms with Gasteiger partial charge in [0.1, 0.15) is 0 Å². The minimum Gasteiger partial charge on any atom is -0.475 e. The lowest BCUT2D eigenvalue weighted by atomic mass is 9.96. The molecule has 7 nitrogen and oxygen atoms in total. The average molecular weight is 363 g/mol. The maximum Gasteiger partial charge on any atom is 0.372 e. The largest absolute Gasteiger partial charge is 0.475 e. The van der Waals surface area contributed by atoms with Crippen LogP contribution in [0.2, 0.25) is 0 Å². The molecule has 0 aliphatic carbocycles. The second-order valence-corrected chi connectivity index (χ2v) is 6.09. The standard InChI is InChI=1S/C20H17N3O4/c24-18(12-19(25)20(26)27)17-10-15(8-14-4-2-1-3-5-14)9-16(11-17)13-23-21-6-7-22-23/h1-7,9-11H,8,12-13H2,(H,26,27). The second kappa shape index (κ2) is 8.18. The number of carboxylic acid groups (broad SMARTS) is 1. The molecule has 0 aliphatic rings. The van der Waals surface area contributed by atoms with E-state index >= 15 is 0 Å². The van der Waals surface area contributed by atoms with Crippen molar-refractivity contribution in [3.8, 4) is 0 Å². The highest BCUT2D eigenvalue weighted by Crippen LogP contribution is 2.17. The van der Waals surface area contributed by atoms with Crippen LogP contribution in [0, 0.1) is 0 Å². The second-order valence-electron chi connectivity index (χ2n) is 6.09. The van der Waals surface area contributed by atoms with E-state index < -0.39 is 24.0 Å². The molecule has 0 saturated carbocycles. The molecule has 0 saturated heterocycles. The van der Waals surface area contributed by atoms with Gasteiger partial charge in [-0.25, -0.2) is 4.79 Å². The molecule has 0 radical (unpaired) electrons. The van der Waals surface area contributed by atoms with Gasteiger partial charge in [0.25, 0.3) is 0 Å². The van der Waals surface area contributed by atoms with Crippen molar-refractivity contribution in [3.63, 3.8) is 0 Å². The molecule has 136 valence electrons. The van der Waals surface area contributed by atoms with Crippen LogP contribution in [0.15, 0.2) is 60.9 Å². The van der Waals surface area contributed by atoms with Gasteiger partial charge in [-0.15, -0.1) is 0 Å². The van der Waals surface area contributed by atoms with Crippen LogP contribution in [0.5, 0.6) is 0 Å². The molecule has 2 aromatic carbocycles. The summed E-state index contributed by atoms with van der Waals surface area (Å²) in [6.45, 7) is 0.364. The number of hydrogen-bond acceptors (Lipinski definition) is 5. The quantitative estimate of drug-likeness (QED) is 0.374. The molecule has 0 bridgehead atoms. The van der Waals surface area contributed by atoms with E-state index in [1.807, 2.05) is 36.4 Å². The van der Waals surface area contributed by atoms with E-state index in [9.17, 15) is 14.4 Å². The van der Waals surface area contributed by atoms with Crippen molar-refractivity contribution >= 4 is 17.5 Å². The van der Waals surface area contributed by atoms with Crippen LogP contribution >= 0.6 is 0 Å². The first-order valence-electron chi connectivity index (χ1n) is 8.31. The first-order valence-corrected chi connectivity index (χ1v) is 8.31. The Labute approximate surface area is 155 Å². The number of carbonyl (C=O) groups is 3. The number of nitrogens with zero attached hydrogens (tertiary/aromatic N) is 3. The summed E-state index contributed by atoms with van der Waals surface area (Å²) in [7, 11) is 0. The summed E-state index contributed by atoms with van der Waals surface area (Å²) in [6.07, 6.45) is 3.06. The molecule has 3 rings (SSSR count). The monoisotopic (exact) mass is 363 g/mol. The number of Topliss-reactive ketones (excluding diaryl/α,β-unsaturated/α-hetero) is 2. The van der Waals surface area contributed by atoms with Crippen LogP contribution in [-0.2, 0) is 22.6 Å². The zero-order chi connectivity index (χ0) is 19.2. The van der Waals surface area contributed by atoms with Crippen molar-refractivity contribution in [3.05, 3.63) is 83.2 Å².